The maximum atomic E-state index is 11.2. The summed E-state index contributed by atoms with van der Waals surface area (Å²) in [5.74, 6) is 0.345. The molecule has 0 unspecified atom stereocenters. The van der Waals surface area contributed by atoms with Gasteiger partial charge in [-0.15, -0.1) is 0 Å². The summed E-state index contributed by atoms with van der Waals surface area (Å²) in [6.45, 7) is 2.41. The first-order valence-corrected chi connectivity index (χ1v) is 6.42. The smallest absolute Gasteiger partial charge is 0.309 e. The van der Waals surface area contributed by atoms with E-state index in [4.69, 9.17) is 21.1 Å². The van der Waals surface area contributed by atoms with Crippen LogP contribution in [-0.4, -0.2) is 24.2 Å². The summed E-state index contributed by atoms with van der Waals surface area (Å²) in [4.78, 5) is 15.5. The van der Waals surface area contributed by atoms with Crippen molar-refractivity contribution in [1.29, 1.82) is 0 Å². The van der Waals surface area contributed by atoms with E-state index < -0.39 is 0 Å². The zero-order valence-electron chi connectivity index (χ0n) is 10.6. The summed E-state index contributed by atoms with van der Waals surface area (Å²) in [6, 6.07) is 7.20. The Morgan fingerprint density at radius 2 is 2.21 bits per heavy atom. The molecule has 0 aliphatic carbocycles. The SMILES string of the molecule is CCOC(=O)CCOc1ccc(Cl)c2cccnc12. The molecule has 0 fully saturated rings. The van der Waals surface area contributed by atoms with E-state index in [2.05, 4.69) is 4.98 Å². The van der Waals surface area contributed by atoms with Crippen LogP contribution in [0.2, 0.25) is 5.02 Å². The fourth-order valence-corrected chi connectivity index (χ4v) is 1.92. The molecule has 1 aromatic carbocycles. The zero-order chi connectivity index (χ0) is 13.7. The Kier molecular flexibility index (Phi) is 4.58. The molecule has 0 saturated heterocycles. The molecule has 100 valence electrons. The van der Waals surface area contributed by atoms with Gasteiger partial charge in [0.2, 0.25) is 0 Å². The molecule has 2 rings (SSSR count). The highest BCUT2D eigenvalue weighted by atomic mass is 35.5. The summed E-state index contributed by atoms with van der Waals surface area (Å²) >= 11 is 6.09. The molecule has 4 nitrogen and oxygen atoms in total. The Morgan fingerprint density at radius 3 is 3.00 bits per heavy atom. The van der Waals surface area contributed by atoms with E-state index in [0.717, 1.165) is 5.39 Å². The van der Waals surface area contributed by atoms with E-state index in [-0.39, 0.29) is 19.0 Å². The molecule has 0 aliphatic rings. The predicted molar refractivity (Wildman–Crippen MR) is 73.5 cm³/mol. The topological polar surface area (TPSA) is 48.4 Å². The van der Waals surface area contributed by atoms with Gasteiger partial charge in [0.1, 0.15) is 11.3 Å². The van der Waals surface area contributed by atoms with E-state index in [1.54, 1.807) is 25.3 Å². The molecule has 0 amide bonds. The Balaban J connectivity index is 2.09. The van der Waals surface area contributed by atoms with Crippen LogP contribution >= 0.6 is 11.6 Å². The standard InChI is InChI=1S/C14H14ClNO3/c1-2-18-13(17)7-9-19-12-6-5-11(15)10-4-3-8-16-14(10)12/h3-6,8H,2,7,9H2,1H3. The van der Waals surface area contributed by atoms with Gasteiger partial charge < -0.3 is 9.47 Å². The molecule has 1 heterocycles. The molecule has 0 saturated carbocycles. The molecule has 0 spiro atoms. The van der Waals surface area contributed by atoms with Crippen molar-refractivity contribution < 1.29 is 14.3 Å². The number of esters is 1. The van der Waals surface area contributed by atoms with E-state index in [1.165, 1.54) is 0 Å². The van der Waals surface area contributed by atoms with Crippen LogP contribution in [0.25, 0.3) is 10.9 Å². The second-order valence-electron chi connectivity index (χ2n) is 3.85. The summed E-state index contributed by atoms with van der Waals surface area (Å²) in [6.07, 6.45) is 1.89. The molecular weight excluding hydrogens is 266 g/mol. The lowest BCUT2D eigenvalue weighted by molar-refractivity contribution is -0.143. The van der Waals surface area contributed by atoms with Crippen LogP contribution in [0.1, 0.15) is 13.3 Å². The molecule has 0 bridgehead atoms. The largest absolute Gasteiger partial charge is 0.491 e. The zero-order valence-corrected chi connectivity index (χ0v) is 11.3. The number of nitrogens with zero attached hydrogens (tertiary/aromatic N) is 1. The number of hydrogen-bond acceptors (Lipinski definition) is 4. The minimum atomic E-state index is -0.270. The number of pyridine rings is 1. The predicted octanol–water partition coefficient (Wildman–Crippen LogP) is 3.22. The minimum absolute atomic E-state index is 0.213. The van der Waals surface area contributed by atoms with Gasteiger partial charge in [-0.2, -0.15) is 0 Å². The van der Waals surface area contributed by atoms with Gasteiger partial charge >= 0.3 is 5.97 Å². The maximum Gasteiger partial charge on any atom is 0.309 e. The van der Waals surface area contributed by atoms with E-state index >= 15 is 0 Å². The van der Waals surface area contributed by atoms with Crippen LogP contribution in [0.5, 0.6) is 5.75 Å². The van der Waals surface area contributed by atoms with Gasteiger partial charge in [-0.25, -0.2) is 0 Å². The van der Waals surface area contributed by atoms with Crippen molar-refractivity contribution in [3.63, 3.8) is 0 Å². The third-order valence-electron chi connectivity index (χ3n) is 2.55. The molecule has 1 aromatic heterocycles. The highest BCUT2D eigenvalue weighted by Crippen LogP contribution is 2.29. The first-order chi connectivity index (χ1) is 9.22. The van der Waals surface area contributed by atoms with E-state index in [1.807, 2.05) is 12.1 Å². The Bertz CT molecular complexity index is 586. The van der Waals surface area contributed by atoms with Crippen molar-refractivity contribution in [2.45, 2.75) is 13.3 Å². The summed E-state index contributed by atoms with van der Waals surface area (Å²) < 4.78 is 10.4. The first kappa shape index (κ1) is 13.6. The van der Waals surface area contributed by atoms with Crippen molar-refractivity contribution >= 4 is 28.5 Å². The first-order valence-electron chi connectivity index (χ1n) is 6.04. The van der Waals surface area contributed by atoms with Crippen LogP contribution in [-0.2, 0) is 9.53 Å². The number of ether oxygens (including phenoxy) is 2. The average Bonchev–Trinajstić information content (AvgIpc) is 2.42. The average molecular weight is 280 g/mol. The second kappa shape index (κ2) is 6.38. The lowest BCUT2D eigenvalue weighted by atomic mass is 10.2. The third kappa shape index (κ3) is 3.35. The fourth-order valence-electron chi connectivity index (χ4n) is 1.71. The lowest BCUT2D eigenvalue weighted by Crippen LogP contribution is -2.09. The molecular formula is C14H14ClNO3. The number of hydrogen-bond donors (Lipinski definition) is 0. The van der Waals surface area contributed by atoms with Gasteiger partial charge in [-0.3, -0.25) is 9.78 Å². The van der Waals surface area contributed by atoms with Gasteiger partial charge in [0.05, 0.1) is 24.7 Å². The monoisotopic (exact) mass is 279 g/mol. The second-order valence-corrected chi connectivity index (χ2v) is 4.26. The van der Waals surface area contributed by atoms with Gasteiger partial charge in [0.15, 0.2) is 0 Å². The van der Waals surface area contributed by atoms with Crippen LogP contribution in [0.3, 0.4) is 0 Å². The fraction of sp³-hybridized carbons (Fsp3) is 0.286. The lowest BCUT2D eigenvalue weighted by Gasteiger charge is -2.09. The highest BCUT2D eigenvalue weighted by molar-refractivity contribution is 6.35. The number of aromatic nitrogens is 1. The Labute approximate surface area is 116 Å². The molecule has 2 aromatic rings. The van der Waals surface area contributed by atoms with Crippen molar-refractivity contribution in [2.75, 3.05) is 13.2 Å². The van der Waals surface area contributed by atoms with Crippen LogP contribution in [0, 0.1) is 0 Å². The third-order valence-corrected chi connectivity index (χ3v) is 2.88. The number of carbonyl (C=O) groups excluding carboxylic acids is 1. The molecule has 5 heteroatoms. The molecule has 0 aliphatic heterocycles. The number of fused-ring (bicyclic) bond motifs is 1. The molecule has 0 radical (unpaired) electrons. The number of benzene rings is 1. The number of halogens is 1. The maximum absolute atomic E-state index is 11.2. The Morgan fingerprint density at radius 1 is 1.37 bits per heavy atom. The summed E-state index contributed by atoms with van der Waals surface area (Å²) in [7, 11) is 0. The normalized spacial score (nSPS) is 10.4. The minimum Gasteiger partial charge on any atom is -0.491 e. The van der Waals surface area contributed by atoms with E-state index in [0.29, 0.717) is 22.9 Å². The van der Waals surface area contributed by atoms with Crippen LogP contribution in [0.15, 0.2) is 30.5 Å². The van der Waals surface area contributed by atoms with Crippen LogP contribution < -0.4 is 4.74 Å². The quantitative estimate of drug-likeness (QED) is 0.789. The van der Waals surface area contributed by atoms with Gasteiger partial charge in [-0.05, 0) is 31.2 Å². The molecule has 0 N–H and O–H groups in total. The van der Waals surface area contributed by atoms with Crippen molar-refractivity contribution in [3.8, 4) is 5.75 Å². The Hall–Kier alpha value is -1.81. The van der Waals surface area contributed by atoms with Gasteiger partial charge in [0, 0.05) is 11.6 Å². The highest BCUT2D eigenvalue weighted by Gasteiger charge is 2.08. The van der Waals surface area contributed by atoms with Crippen molar-refractivity contribution in [2.24, 2.45) is 0 Å². The van der Waals surface area contributed by atoms with Crippen molar-refractivity contribution in [3.05, 3.63) is 35.5 Å². The number of carbonyl (C=O) groups is 1. The van der Waals surface area contributed by atoms with Crippen molar-refractivity contribution in [1.82, 2.24) is 4.98 Å². The molecule has 0 atom stereocenters. The molecule has 19 heavy (non-hydrogen) atoms. The van der Waals surface area contributed by atoms with Gasteiger partial charge in [0.25, 0.3) is 0 Å². The number of rotatable bonds is 5. The van der Waals surface area contributed by atoms with Crippen LogP contribution in [0.4, 0.5) is 0 Å². The summed E-state index contributed by atoms with van der Waals surface area (Å²) in [5, 5.41) is 1.46. The van der Waals surface area contributed by atoms with Gasteiger partial charge in [-0.1, -0.05) is 11.6 Å². The summed E-state index contributed by atoms with van der Waals surface area (Å²) in [5.41, 5.74) is 0.693. The van der Waals surface area contributed by atoms with E-state index in [9.17, 15) is 4.79 Å².